The maximum absolute atomic E-state index is 14.7. The third-order valence-electron chi connectivity index (χ3n) is 9.12. The van der Waals surface area contributed by atoms with E-state index in [2.05, 4.69) is 12.2 Å². The fourth-order valence-corrected chi connectivity index (χ4v) is 6.54. The summed E-state index contributed by atoms with van der Waals surface area (Å²) in [6, 6.07) is 31.9. The second kappa shape index (κ2) is 14.0. The number of benzene rings is 4. The van der Waals surface area contributed by atoms with Crippen LogP contribution in [0.1, 0.15) is 62.6 Å². The van der Waals surface area contributed by atoms with Gasteiger partial charge in [0.05, 0.1) is 12.2 Å². The van der Waals surface area contributed by atoms with Crippen LogP contribution in [-0.4, -0.2) is 17.7 Å². The molecule has 1 heterocycles. The number of nitrogens with one attached hydrogen (secondary N) is 1. The molecule has 3 amide bonds. The largest absolute Gasteiger partial charge is 0.457 e. The molecule has 0 saturated heterocycles. The lowest BCUT2D eigenvalue weighted by Crippen LogP contribution is -2.46. The lowest BCUT2D eigenvalue weighted by molar-refractivity contribution is -0.136. The maximum Gasteiger partial charge on any atom is 0.254 e. The summed E-state index contributed by atoms with van der Waals surface area (Å²) in [5.41, 5.74) is 10.1. The molecule has 1 fully saturated rings. The Morgan fingerprint density at radius 1 is 0.870 bits per heavy atom. The fourth-order valence-electron chi connectivity index (χ4n) is 6.54. The molecule has 3 unspecified atom stereocenters. The Kier molecular flexibility index (Phi) is 9.48. The average molecular weight is 616 g/mol. The zero-order valence-corrected chi connectivity index (χ0v) is 26.2. The summed E-state index contributed by atoms with van der Waals surface area (Å²) in [6.07, 6.45) is 4.97. The van der Waals surface area contributed by atoms with Gasteiger partial charge in [-0.2, -0.15) is 0 Å². The number of hydrogen-bond donors (Lipinski definition) is 2. The van der Waals surface area contributed by atoms with Crippen molar-refractivity contribution in [2.24, 2.45) is 23.5 Å². The number of amides is 3. The zero-order chi connectivity index (χ0) is 32.0. The number of anilines is 1. The van der Waals surface area contributed by atoms with Crippen molar-refractivity contribution in [3.8, 4) is 22.6 Å². The second-order valence-electron chi connectivity index (χ2n) is 12.5. The SMILES string of the molecule is CCCCC(C(N)=O)C(CC1CC1)C(=O)NC1C(=O)N(Cc2cccc(Oc3ccccc3)c2)c2ccccc2-c2ccccc21. The average Bonchev–Trinajstić information content (AvgIpc) is 3.91. The summed E-state index contributed by atoms with van der Waals surface area (Å²) in [7, 11) is 0. The third-order valence-corrected chi connectivity index (χ3v) is 9.12. The highest BCUT2D eigenvalue weighted by Gasteiger charge is 2.40. The first kappa shape index (κ1) is 31.1. The molecule has 3 N–H and O–H groups in total. The summed E-state index contributed by atoms with van der Waals surface area (Å²) in [5.74, 6) is -0.336. The molecule has 46 heavy (non-hydrogen) atoms. The lowest BCUT2D eigenvalue weighted by atomic mass is 9.82. The van der Waals surface area contributed by atoms with Crippen molar-refractivity contribution in [3.63, 3.8) is 0 Å². The van der Waals surface area contributed by atoms with Gasteiger partial charge in [-0.1, -0.05) is 105 Å². The molecule has 7 nitrogen and oxygen atoms in total. The molecule has 4 aromatic rings. The maximum atomic E-state index is 14.7. The Morgan fingerprint density at radius 2 is 1.57 bits per heavy atom. The molecule has 1 aliphatic carbocycles. The Morgan fingerprint density at radius 3 is 2.30 bits per heavy atom. The molecular weight excluding hydrogens is 574 g/mol. The number of hydrogen-bond acceptors (Lipinski definition) is 4. The van der Waals surface area contributed by atoms with E-state index in [1.165, 1.54) is 0 Å². The van der Waals surface area contributed by atoms with Crippen LogP contribution >= 0.6 is 0 Å². The van der Waals surface area contributed by atoms with E-state index in [0.717, 1.165) is 59.4 Å². The normalized spacial score (nSPS) is 16.8. The molecule has 1 saturated carbocycles. The number of fused-ring (bicyclic) bond motifs is 3. The van der Waals surface area contributed by atoms with E-state index in [1.54, 1.807) is 4.90 Å². The molecule has 3 atom stereocenters. The predicted molar refractivity (Wildman–Crippen MR) is 180 cm³/mol. The molecule has 1 aliphatic heterocycles. The van der Waals surface area contributed by atoms with Gasteiger partial charge < -0.3 is 20.7 Å². The molecule has 2 aliphatic rings. The first-order valence-electron chi connectivity index (χ1n) is 16.3. The van der Waals surface area contributed by atoms with Gasteiger partial charge in [-0.3, -0.25) is 14.4 Å². The molecule has 236 valence electrons. The summed E-state index contributed by atoms with van der Waals surface area (Å²) < 4.78 is 6.09. The number of carbonyl (C=O) groups excluding carboxylic acids is 3. The Balaban J connectivity index is 1.35. The van der Waals surface area contributed by atoms with Gasteiger partial charge in [0.15, 0.2) is 0 Å². The fraction of sp³-hybridized carbons (Fsp3) is 0.308. The summed E-state index contributed by atoms with van der Waals surface area (Å²) in [4.78, 5) is 43.3. The van der Waals surface area contributed by atoms with Crippen LogP contribution in [0, 0.1) is 17.8 Å². The van der Waals surface area contributed by atoms with Gasteiger partial charge in [0.25, 0.3) is 5.91 Å². The first-order chi connectivity index (χ1) is 22.4. The van der Waals surface area contributed by atoms with E-state index in [-0.39, 0.29) is 18.4 Å². The predicted octanol–water partition coefficient (Wildman–Crippen LogP) is 7.56. The van der Waals surface area contributed by atoms with E-state index in [0.29, 0.717) is 24.5 Å². The van der Waals surface area contributed by atoms with Crippen molar-refractivity contribution in [2.45, 2.75) is 58.0 Å². The summed E-state index contributed by atoms with van der Waals surface area (Å²) in [6.45, 7) is 2.33. The van der Waals surface area contributed by atoms with Crippen molar-refractivity contribution in [1.29, 1.82) is 0 Å². The molecule has 0 aromatic heterocycles. The van der Waals surface area contributed by atoms with Crippen LogP contribution in [0.25, 0.3) is 11.1 Å². The minimum atomic E-state index is -0.943. The van der Waals surface area contributed by atoms with Crippen molar-refractivity contribution < 1.29 is 19.1 Å². The molecule has 0 radical (unpaired) electrons. The van der Waals surface area contributed by atoms with Crippen LogP contribution in [0.2, 0.25) is 0 Å². The van der Waals surface area contributed by atoms with Crippen LogP contribution in [0.4, 0.5) is 5.69 Å². The molecule has 7 heteroatoms. The first-order valence-corrected chi connectivity index (χ1v) is 16.3. The number of para-hydroxylation sites is 2. The molecule has 0 spiro atoms. The Hall–Kier alpha value is -4.91. The lowest BCUT2D eigenvalue weighted by Gasteiger charge is -2.29. The number of primary amides is 1. The van der Waals surface area contributed by atoms with E-state index in [1.807, 2.05) is 103 Å². The van der Waals surface area contributed by atoms with E-state index in [4.69, 9.17) is 10.5 Å². The quantitative estimate of drug-likeness (QED) is 0.162. The summed E-state index contributed by atoms with van der Waals surface area (Å²) in [5, 5.41) is 3.14. The van der Waals surface area contributed by atoms with Gasteiger partial charge in [-0.05, 0) is 65.8 Å². The number of carbonyl (C=O) groups is 3. The third kappa shape index (κ3) is 6.99. The Labute approximate surface area is 270 Å². The van der Waals surface area contributed by atoms with Crippen LogP contribution < -0.4 is 20.7 Å². The van der Waals surface area contributed by atoms with E-state index < -0.39 is 23.8 Å². The number of unbranched alkanes of at least 4 members (excludes halogenated alkanes) is 1. The highest BCUT2D eigenvalue weighted by molar-refractivity contribution is 6.06. The number of ether oxygens (including phenoxy) is 1. The number of nitrogens with zero attached hydrogens (tertiary/aromatic N) is 1. The van der Waals surface area contributed by atoms with Crippen LogP contribution in [0.15, 0.2) is 103 Å². The Bertz CT molecular complexity index is 1700. The molecular formula is C39H41N3O4. The van der Waals surface area contributed by atoms with Crippen molar-refractivity contribution in [3.05, 3.63) is 114 Å². The highest BCUT2D eigenvalue weighted by atomic mass is 16.5. The van der Waals surface area contributed by atoms with Crippen molar-refractivity contribution >= 4 is 23.4 Å². The van der Waals surface area contributed by atoms with Crippen LogP contribution in [0.5, 0.6) is 11.5 Å². The highest BCUT2D eigenvalue weighted by Crippen LogP contribution is 2.42. The number of nitrogens with two attached hydrogens (primary N) is 1. The molecule has 0 bridgehead atoms. The minimum absolute atomic E-state index is 0.241. The van der Waals surface area contributed by atoms with Gasteiger partial charge in [-0.25, -0.2) is 0 Å². The van der Waals surface area contributed by atoms with Gasteiger partial charge in [0.2, 0.25) is 11.8 Å². The molecule has 6 rings (SSSR count). The van der Waals surface area contributed by atoms with Gasteiger partial charge >= 0.3 is 0 Å². The number of rotatable bonds is 13. The minimum Gasteiger partial charge on any atom is -0.457 e. The van der Waals surface area contributed by atoms with Crippen LogP contribution in [-0.2, 0) is 20.9 Å². The standard InChI is InChI=1S/C39H41N3O4/c1-2-3-16-33(37(40)43)34(24-26-21-22-26)38(44)41-36-32-19-8-7-17-30(32)31-18-9-10-20-35(31)42(39(36)45)25-27-12-11-15-29(23-27)46-28-13-5-4-6-14-28/h4-15,17-20,23,26,33-34,36H,2-3,16,21-22,24-25H2,1H3,(H2,40,43)(H,41,44). The van der Waals surface area contributed by atoms with Crippen LogP contribution in [0.3, 0.4) is 0 Å². The van der Waals surface area contributed by atoms with Crippen molar-refractivity contribution in [1.82, 2.24) is 5.32 Å². The van der Waals surface area contributed by atoms with Gasteiger partial charge in [0.1, 0.15) is 17.5 Å². The topological polar surface area (TPSA) is 102 Å². The van der Waals surface area contributed by atoms with E-state index >= 15 is 0 Å². The second-order valence-corrected chi connectivity index (χ2v) is 12.5. The van der Waals surface area contributed by atoms with Crippen molar-refractivity contribution in [2.75, 3.05) is 4.90 Å². The zero-order valence-electron chi connectivity index (χ0n) is 26.2. The smallest absolute Gasteiger partial charge is 0.254 e. The molecule has 4 aromatic carbocycles. The van der Waals surface area contributed by atoms with Gasteiger partial charge in [-0.15, -0.1) is 0 Å². The monoisotopic (exact) mass is 615 g/mol. The summed E-state index contributed by atoms with van der Waals surface area (Å²) >= 11 is 0. The van der Waals surface area contributed by atoms with E-state index in [9.17, 15) is 14.4 Å². The van der Waals surface area contributed by atoms with Gasteiger partial charge in [0, 0.05) is 17.4 Å².